The van der Waals surface area contributed by atoms with Crippen molar-refractivity contribution in [3.8, 4) is 0 Å². The zero-order valence-electron chi connectivity index (χ0n) is 23.7. The Balaban J connectivity index is 1.53. The van der Waals surface area contributed by atoms with Crippen LogP contribution in [0.4, 0.5) is 22.7 Å². The van der Waals surface area contributed by atoms with Gasteiger partial charge in [0, 0.05) is 52.3 Å². The molecule has 4 atom stereocenters. The number of hydrogen-bond donors (Lipinski definition) is 1. The van der Waals surface area contributed by atoms with Gasteiger partial charge in [0.15, 0.2) is 11.6 Å². The van der Waals surface area contributed by atoms with Crippen molar-refractivity contribution in [2.24, 2.45) is 5.92 Å². The lowest BCUT2D eigenvalue weighted by Crippen LogP contribution is -2.51. The first-order valence-corrected chi connectivity index (χ1v) is 14.2. The minimum Gasteiger partial charge on any atom is -0.352 e. The Morgan fingerprint density at radius 3 is 2.22 bits per heavy atom. The van der Waals surface area contributed by atoms with E-state index in [-0.39, 0.29) is 22.5 Å². The van der Waals surface area contributed by atoms with Gasteiger partial charge in [0.2, 0.25) is 5.91 Å². The van der Waals surface area contributed by atoms with Gasteiger partial charge in [-0.25, -0.2) is 0 Å². The van der Waals surface area contributed by atoms with Crippen LogP contribution < -0.4 is 10.2 Å². The first kappa shape index (κ1) is 27.8. The van der Waals surface area contributed by atoms with Gasteiger partial charge in [-0.05, 0) is 42.3 Å². The average Bonchev–Trinajstić information content (AvgIpc) is 3.52. The lowest BCUT2D eigenvalue weighted by atomic mass is 9.64. The molecular weight excluding hydrogens is 576 g/mol. The van der Waals surface area contributed by atoms with Gasteiger partial charge in [-0.3, -0.25) is 34.6 Å². The zero-order valence-corrected chi connectivity index (χ0v) is 23.7. The zero-order chi connectivity index (χ0) is 31.6. The van der Waals surface area contributed by atoms with E-state index in [0.717, 1.165) is 17.2 Å². The molecule has 4 aromatic rings. The molecule has 1 amide bonds. The van der Waals surface area contributed by atoms with Crippen LogP contribution in [0.3, 0.4) is 0 Å². The monoisotopic (exact) mass is 600 g/mol. The number of rotatable bonds is 6. The Hall–Kier alpha value is -5.97. The molecule has 1 N–H and O–H groups in total. The summed E-state index contributed by atoms with van der Waals surface area (Å²) in [6.45, 7) is 1.91. The fourth-order valence-electron chi connectivity index (χ4n) is 7.26. The van der Waals surface area contributed by atoms with E-state index in [9.17, 15) is 34.6 Å². The number of carbonyl (C=O) groups is 3. The molecule has 0 aromatic heterocycles. The smallest absolute Gasteiger partial charge is 0.270 e. The summed E-state index contributed by atoms with van der Waals surface area (Å²) in [6, 6.07) is 22.8. The number of hydrogen-bond acceptors (Lipinski definition) is 8. The second-order valence-corrected chi connectivity index (χ2v) is 11.4. The number of anilines is 2. The number of nitro groups is 2. The van der Waals surface area contributed by atoms with E-state index in [1.807, 2.05) is 42.2 Å². The summed E-state index contributed by atoms with van der Waals surface area (Å²) in [5.41, 5.74) is 1.36. The molecule has 0 unspecified atom stereocenters. The largest absolute Gasteiger partial charge is 0.352 e. The van der Waals surface area contributed by atoms with Crippen molar-refractivity contribution >= 4 is 45.8 Å². The molecule has 7 rings (SSSR count). The second-order valence-electron chi connectivity index (χ2n) is 11.4. The van der Waals surface area contributed by atoms with Gasteiger partial charge in [0.25, 0.3) is 11.4 Å². The van der Waals surface area contributed by atoms with Crippen LogP contribution in [0.1, 0.15) is 38.8 Å². The van der Waals surface area contributed by atoms with Crippen molar-refractivity contribution in [2.75, 3.05) is 10.2 Å². The molecule has 45 heavy (non-hydrogen) atoms. The molecule has 3 aliphatic heterocycles. The van der Waals surface area contributed by atoms with E-state index in [2.05, 4.69) is 5.32 Å². The molecule has 1 saturated heterocycles. The summed E-state index contributed by atoms with van der Waals surface area (Å²) >= 11 is 0. The molecule has 0 bridgehead atoms. The number of fused-ring (bicyclic) bond motifs is 6. The summed E-state index contributed by atoms with van der Waals surface area (Å²) in [5.74, 6) is -2.93. The summed E-state index contributed by atoms with van der Waals surface area (Å²) in [4.78, 5) is 67.7. The Kier molecular flexibility index (Phi) is 6.22. The highest BCUT2D eigenvalue weighted by Crippen LogP contribution is 2.58. The molecule has 11 nitrogen and oxygen atoms in total. The standard InChI is InChI=1S/C34H24N4O7/c1-19-17-28-34(25-10-3-4-11-26(25)35-33(34)41)29(31(39)21-7-6-8-23(18-21)38(44)45)30(36(28)27-12-5-2-9-24(19)27)32(40)20-13-15-22(16-14-20)37(42)43/h2-18,28-30H,1H3,(H,35,41)/t28-,29+,30-,34+/m0/s1. The van der Waals surface area contributed by atoms with E-state index in [1.165, 1.54) is 42.5 Å². The van der Waals surface area contributed by atoms with E-state index in [4.69, 9.17) is 0 Å². The fraction of sp³-hybridized carbons (Fsp3) is 0.147. The summed E-state index contributed by atoms with van der Waals surface area (Å²) in [6.07, 6.45) is 1.90. The topological polar surface area (TPSA) is 153 Å². The second kappa shape index (κ2) is 10.1. The highest BCUT2D eigenvalue weighted by molar-refractivity contribution is 6.18. The van der Waals surface area contributed by atoms with Crippen molar-refractivity contribution in [1.29, 1.82) is 0 Å². The van der Waals surface area contributed by atoms with Crippen LogP contribution in [0.5, 0.6) is 0 Å². The van der Waals surface area contributed by atoms with E-state index in [1.54, 1.807) is 24.3 Å². The van der Waals surface area contributed by atoms with Crippen LogP contribution >= 0.6 is 0 Å². The number of Topliss-reactive ketones (excluding diaryl/α,β-unsaturated/α-hetero) is 2. The highest BCUT2D eigenvalue weighted by atomic mass is 16.6. The molecular formula is C34H24N4O7. The maximum atomic E-state index is 14.9. The highest BCUT2D eigenvalue weighted by Gasteiger charge is 2.70. The molecule has 1 fully saturated rings. The molecule has 1 spiro atoms. The van der Waals surface area contributed by atoms with Gasteiger partial charge in [-0.15, -0.1) is 0 Å². The van der Waals surface area contributed by atoms with Gasteiger partial charge in [0.1, 0.15) is 11.5 Å². The predicted molar refractivity (Wildman–Crippen MR) is 165 cm³/mol. The van der Waals surface area contributed by atoms with Crippen LogP contribution in [0.15, 0.2) is 103 Å². The van der Waals surface area contributed by atoms with Crippen molar-refractivity contribution in [3.05, 3.63) is 146 Å². The van der Waals surface area contributed by atoms with Crippen LogP contribution in [-0.2, 0) is 10.2 Å². The lowest BCUT2D eigenvalue weighted by molar-refractivity contribution is -0.385. The molecule has 0 saturated carbocycles. The third kappa shape index (κ3) is 3.93. The molecule has 3 aliphatic rings. The van der Waals surface area contributed by atoms with Crippen LogP contribution in [0, 0.1) is 26.1 Å². The van der Waals surface area contributed by atoms with Crippen LogP contribution in [0.2, 0.25) is 0 Å². The Bertz CT molecular complexity index is 2000. The Morgan fingerprint density at radius 1 is 0.800 bits per heavy atom. The van der Waals surface area contributed by atoms with Gasteiger partial charge in [-0.1, -0.05) is 54.6 Å². The van der Waals surface area contributed by atoms with E-state index in [0.29, 0.717) is 16.9 Å². The van der Waals surface area contributed by atoms with Crippen LogP contribution in [-0.4, -0.2) is 39.4 Å². The SMILES string of the molecule is CC1=C[C@@H]2N(c3ccccc31)[C@H](C(=O)c1ccc([N+](=O)[O-])cc1)[C@H](C(=O)c1cccc([N+](=O)[O-])c1)[C@]21C(=O)Nc2ccccc21. The number of nitro benzene ring substituents is 2. The number of carbonyl (C=O) groups excluding carboxylic acids is 3. The van der Waals surface area contributed by atoms with Crippen molar-refractivity contribution < 1.29 is 24.2 Å². The van der Waals surface area contributed by atoms with E-state index >= 15 is 0 Å². The number of allylic oxidation sites excluding steroid dienone is 1. The number of non-ortho nitro benzene ring substituents is 2. The third-order valence-electron chi connectivity index (χ3n) is 9.14. The molecule has 0 radical (unpaired) electrons. The first-order valence-electron chi connectivity index (χ1n) is 14.2. The molecule has 11 heteroatoms. The summed E-state index contributed by atoms with van der Waals surface area (Å²) < 4.78 is 0. The number of benzene rings is 4. The first-order chi connectivity index (χ1) is 21.6. The molecule has 222 valence electrons. The molecule has 0 aliphatic carbocycles. The maximum Gasteiger partial charge on any atom is 0.270 e. The van der Waals surface area contributed by atoms with Gasteiger partial charge in [-0.2, -0.15) is 0 Å². The number of nitrogens with zero attached hydrogens (tertiary/aromatic N) is 3. The number of ketones is 2. The van der Waals surface area contributed by atoms with Gasteiger partial charge >= 0.3 is 0 Å². The number of nitrogens with one attached hydrogen (secondary N) is 1. The fourth-order valence-corrected chi connectivity index (χ4v) is 7.26. The normalized spacial score (nSPS) is 22.6. The van der Waals surface area contributed by atoms with E-state index < -0.39 is 50.7 Å². The predicted octanol–water partition coefficient (Wildman–Crippen LogP) is 5.75. The quantitative estimate of drug-likeness (QED) is 0.167. The number of amides is 1. The Labute approximate surface area is 256 Å². The molecule has 4 aromatic carbocycles. The lowest BCUT2D eigenvalue weighted by Gasteiger charge is -2.39. The van der Waals surface area contributed by atoms with Gasteiger partial charge in [0.05, 0.1) is 21.8 Å². The Morgan fingerprint density at radius 2 is 1.49 bits per heavy atom. The van der Waals surface area contributed by atoms with Crippen LogP contribution in [0.25, 0.3) is 5.57 Å². The van der Waals surface area contributed by atoms with Crippen molar-refractivity contribution in [3.63, 3.8) is 0 Å². The summed E-state index contributed by atoms with van der Waals surface area (Å²) in [7, 11) is 0. The average molecular weight is 601 g/mol. The minimum absolute atomic E-state index is 0.0129. The third-order valence-corrected chi connectivity index (χ3v) is 9.14. The maximum absolute atomic E-state index is 14.9. The number of para-hydroxylation sites is 2. The molecule has 3 heterocycles. The van der Waals surface area contributed by atoms with Gasteiger partial charge < -0.3 is 10.2 Å². The minimum atomic E-state index is -1.60. The van der Waals surface area contributed by atoms with Crippen molar-refractivity contribution in [2.45, 2.75) is 24.4 Å². The summed E-state index contributed by atoms with van der Waals surface area (Å²) in [5, 5.41) is 26.0. The van der Waals surface area contributed by atoms with Crippen molar-refractivity contribution in [1.82, 2.24) is 0 Å².